The quantitative estimate of drug-likeness (QED) is 0.789. The van der Waals surface area contributed by atoms with Crippen LogP contribution in [0.2, 0.25) is 5.02 Å². The minimum Gasteiger partial charge on any atom is -0.494 e. The van der Waals surface area contributed by atoms with Gasteiger partial charge in [-0.25, -0.2) is 13.2 Å². The molecule has 1 heterocycles. The Bertz CT molecular complexity index is 321. The second kappa shape index (κ2) is 4.50. The summed E-state index contributed by atoms with van der Waals surface area (Å²) in [6, 6.07) is 1.03. The minimum atomic E-state index is -3.10. The summed E-state index contributed by atoms with van der Waals surface area (Å²) < 4.78 is 41.4. The summed E-state index contributed by atoms with van der Waals surface area (Å²) in [7, 11) is 1.35. The average Bonchev–Trinajstić information content (AvgIpc) is 2.16. The lowest BCUT2D eigenvalue weighted by molar-refractivity contribution is 0.0472. The fourth-order valence-corrected chi connectivity index (χ4v) is 1.10. The number of rotatable bonds is 3. The second-order valence-corrected chi connectivity index (χ2v) is 2.89. The summed E-state index contributed by atoms with van der Waals surface area (Å²) in [5.41, 5.74) is -0.397. The summed E-state index contributed by atoms with van der Waals surface area (Å²) in [6.07, 6.45) is -4.42. The molecule has 0 amide bonds. The lowest BCUT2D eigenvalue weighted by Crippen LogP contribution is -2.05. The van der Waals surface area contributed by atoms with Gasteiger partial charge < -0.3 is 4.74 Å². The summed E-state index contributed by atoms with van der Waals surface area (Å²) in [5, 5.41) is 0.0563. The fraction of sp³-hybridized carbons (Fsp3) is 0.375. The van der Waals surface area contributed by atoms with Gasteiger partial charge in [0.15, 0.2) is 5.75 Å². The summed E-state index contributed by atoms with van der Waals surface area (Å²) in [6.45, 7) is 0. The maximum Gasteiger partial charge on any atom is 0.275 e. The molecule has 0 aliphatic carbocycles. The molecular weight excluding hydrogens is 219 g/mol. The van der Waals surface area contributed by atoms with Crippen molar-refractivity contribution in [3.8, 4) is 5.75 Å². The minimum absolute atomic E-state index is 0.0563. The molecule has 1 rings (SSSR count). The van der Waals surface area contributed by atoms with E-state index in [1.54, 1.807) is 0 Å². The van der Waals surface area contributed by atoms with Crippen molar-refractivity contribution in [3.05, 3.63) is 23.0 Å². The van der Waals surface area contributed by atoms with Crippen LogP contribution in [0, 0.1) is 0 Å². The Kier molecular flexibility index (Phi) is 3.57. The smallest absolute Gasteiger partial charge is 0.275 e. The zero-order valence-electron chi connectivity index (χ0n) is 7.18. The lowest BCUT2D eigenvalue weighted by atomic mass is 10.2. The molecule has 2 nitrogen and oxygen atoms in total. The molecule has 1 aromatic rings. The van der Waals surface area contributed by atoms with E-state index >= 15 is 0 Å². The summed E-state index contributed by atoms with van der Waals surface area (Å²) >= 11 is 5.60. The fourth-order valence-electron chi connectivity index (χ4n) is 0.863. The standard InChI is InChI=1S/C8H7ClF3NO/c1-14-6-3-13-5(2-4(6)9)7(10)8(11)12/h2-3,7-8H,1H3. The van der Waals surface area contributed by atoms with E-state index in [4.69, 9.17) is 16.3 Å². The molecule has 0 N–H and O–H groups in total. The molecule has 78 valence electrons. The highest BCUT2D eigenvalue weighted by Crippen LogP contribution is 2.29. The molecule has 1 aromatic heterocycles. The van der Waals surface area contributed by atoms with Crippen molar-refractivity contribution in [2.24, 2.45) is 0 Å². The van der Waals surface area contributed by atoms with Gasteiger partial charge in [-0.2, -0.15) is 0 Å². The molecule has 1 atom stereocenters. The Morgan fingerprint density at radius 3 is 2.50 bits per heavy atom. The third-order valence-electron chi connectivity index (χ3n) is 1.56. The van der Waals surface area contributed by atoms with E-state index in [-0.39, 0.29) is 10.8 Å². The zero-order valence-corrected chi connectivity index (χ0v) is 7.93. The third kappa shape index (κ3) is 2.29. The van der Waals surface area contributed by atoms with Crippen LogP contribution < -0.4 is 4.74 Å². The first-order valence-corrected chi connectivity index (χ1v) is 4.05. The Labute approximate surface area is 83.7 Å². The molecule has 0 bridgehead atoms. The highest BCUT2D eigenvalue weighted by Gasteiger charge is 2.23. The van der Waals surface area contributed by atoms with E-state index in [1.807, 2.05) is 0 Å². The molecule has 0 aliphatic heterocycles. The molecule has 0 aromatic carbocycles. The van der Waals surface area contributed by atoms with Gasteiger partial charge in [-0.15, -0.1) is 0 Å². The Hall–Kier alpha value is -0.970. The van der Waals surface area contributed by atoms with Crippen LogP contribution in [0.1, 0.15) is 11.9 Å². The topological polar surface area (TPSA) is 22.1 Å². The van der Waals surface area contributed by atoms with Gasteiger partial charge in [-0.3, -0.25) is 4.98 Å². The van der Waals surface area contributed by atoms with Crippen molar-refractivity contribution in [2.75, 3.05) is 7.11 Å². The maximum atomic E-state index is 12.8. The van der Waals surface area contributed by atoms with Crippen molar-refractivity contribution < 1.29 is 17.9 Å². The Balaban J connectivity index is 2.96. The highest BCUT2D eigenvalue weighted by molar-refractivity contribution is 6.32. The van der Waals surface area contributed by atoms with Gasteiger partial charge in [0.2, 0.25) is 6.17 Å². The number of hydrogen-bond donors (Lipinski definition) is 0. The van der Waals surface area contributed by atoms with Crippen LogP contribution in [0.25, 0.3) is 0 Å². The summed E-state index contributed by atoms with van der Waals surface area (Å²) in [4.78, 5) is 3.47. The van der Waals surface area contributed by atoms with Crippen molar-refractivity contribution >= 4 is 11.6 Å². The molecule has 0 saturated heterocycles. The van der Waals surface area contributed by atoms with Crippen molar-refractivity contribution in [1.82, 2.24) is 4.98 Å². The molecule has 14 heavy (non-hydrogen) atoms. The van der Waals surface area contributed by atoms with Gasteiger partial charge in [0, 0.05) is 0 Å². The second-order valence-electron chi connectivity index (χ2n) is 2.48. The molecule has 0 saturated carbocycles. The largest absolute Gasteiger partial charge is 0.494 e. The van der Waals surface area contributed by atoms with Crippen LogP contribution in [-0.4, -0.2) is 18.5 Å². The van der Waals surface area contributed by atoms with E-state index in [9.17, 15) is 13.2 Å². The third-order valence-corrected chi connectivity index (χ3v) is 1.86. The van der Waals surface area contributed by atoms with Gasteiger partial charge in [0.05, 0.1) is 24.0 Å². The van der Waals surface area contributed by atoms with Crippen LogP contribution in [0.15, 0.2) is 12.3 Å². The number of ether oxygens (including phenoxy) is 1. The monoisotopic (exact) mass is 225 g/mol. The predicted molar refractivity (Wildman–Crippen MR) is 45.7 cm³/mol. The predicted octanol–water partition coefficient (Wildman–Crippen LogP) is 3.02. The Morgan fingerprint density at radius 2 is 2.07 bits per heavy atom. The van der Waals surface area contributed by atoms with Crippen LogP contribution in [0.3, 0.4) is 0 Å². The molecule has 0 spiro atoms. The van der Waals surface area contributed by atoms with E-state index in [0.717, 1.165) is 12.3 Å². The molecule has 1 unspecified atom stereocenters. The first-order chi connectivity index (χ1) is 6.56. The normalized spacial score (nSPS) is 13.0. The van der Waals surface area contributed by atoms with Crippen LogP contribution in [0.5, 0.6) is 5.75 Å². The number of aromatic nitrogens is 1. The van der Waals surface area contributed by atoms with E-state index in [0.29, 0.717) is 0 Å². The molecule has 0 fully saturated rings. The van der Waals surface area contributed by atoms with E-state index < -0.39 is 18.3 Å². The highest BCUT2D eigenvalue weighted by atomic mass is 35.5. The van der Waals surface area contributed by atoms with Crippen LogP contribution in [0.4, 0.5) is 13.2 Å². The van der Waals surface area contributed by atoms with Gasteiger partial charge in [-0.1, -0.05) is 11.6 Å². The maximum absolute atomic E-state index is 12.8. The van der Waals surface area contributed by atoms with Crippen molar-refractivity contribution in [2.45, 2.75) is 12.6 Å². The SMILES string of the molecule is COc1cnc(C(F)C(F)F)cc1Cl. The van der Waals surface area contributed by atoms with Crippen molar-refractivity contribution in [1.29, 1.82) is 0 Å². The number of alkyl halides is 3. The zero-order chi connectivity index (χ0) is 10.7. The first kappa shape index (κ1) is 11.1. The van der Waals surface area contributed by atoms with Crippen molar-refractivity contribution in [3.63, 3.8) is 0 Å². The molecular formula is C8H7ClF3NO. The Morgan fingerprint density at radius 1 is 1.43 bits per heavy atom. The number of halogens is 4. The number of pyridine rings is 1. The average molecular weight is 226 g/mol. The van der Waals surface area contributed by atoms with E-state index in [1.165, 1.54) is 7.11 Å². The van der Waals surface area contributed by atoms with Gasteiger partial charge in [-0.05, 0) is 6.07 Å². The first-order valence-electron chi connectivity index (χ1n) is 3.68. The molecule has 0 aliphatic rings. The van der Waals surface area contributed by atoms with Crippen LogP contribution in [-0.2, 0) is 0 Å². The number of methoxy groups -OCH3 is 1. The van der Waals surface area contributed by atoms with Crippen LogP contribution >= 0.6 is 11.6 Å². The lowest BCUT2D eigenvalue weighted by Gasteiger charge is -2.08. The van der Waals surface area contributed by atoms with Gasteiger partial charge in [0.25, 0.3) is 6.43 Å². The number of hydrogen-bond acceptors (Lipinski definition) is 2. The van der Waals surface area contributed by atoms with Gasteiger partial charge >= 0.3 is 0 Å². The number of nitrogens with zero attached hydrogens (tertiary/aromatic N) is 1. The molecule has 0 radical (unpaired) electrons. The summed E-state index contributed by atoms with van der Waals surface area (Å²) in [5.74, 6) is 0.219. The van der Waals surface area contributed by atoms with Gasteiger partial charge in [0.1, 0.15) is 0 Å². The van der Waals surface area contributed by atoms with E-state index in [2.05, 4.69) is 4.98 Å². The molecule has 6 heteroatoms.